The topological polar surface area (TPSA) is 194 Å². The highest BCUT2D eigenvalue weighted by molar-refractivity contribution is 7.98. The Hall–Kier alpha value is -2.34. The minimum atomic E-state index is -1.51. The van der Waals surface area contributed by atoms with Crippen molar-refractivity contribution in [3.05, 3.63) is 0 Å². The van der Waals surface area contributed by atoms with Gasteiger partial charge in [-0.25, -0.2) is 4.79 Å². The fourth-order valence-electron chi connectivity index (χ4n) is 2.44. The van der Waals surface area contributed by atoms with Crippen LogP contribution in [0, 0.1) is 5.92 Å². The van der Waals surface area contributed by atoms with Gasteiger partial charge < -0.3 is 32.5 Å². The number of aliphatic carboxylic acids is 1. The van der Waals surface area contributed by atoms with Gasteiger partial charge in [0, 0.05) is 0 Å². The van der Waals surface area contributed by atoms with Crippen LogP contribution in [-0.4, -0.2) is 70.9 Å². The molecule has 0 saturated carbocycles. The lowest BCUT2D eigenvalue weighted by Crippen LogP contribution is -2.56. The van der Waals surface area contributed by atoms with Crippen molar-refractivity contribution in [2.75, 3.05) is 12.0 Å². The van der Waals surface area contributed by atoms with Crippen molar-refractivity contribution in [2.45, 2.75) is 64.2 Å². The Kier molecular flexibility index (Phi) is 12.7. The number of carboxylic acid groups (broad SMARTS) is 1. The number of nitrogens with two attached hydrogens (primary N) is 2. The van der Waals surface area contributed by atoms with E-state index in [1.807, 2.05) is 20.1 Å². The number of carbonyl (C=O) groups is 5. The molecule has 172 valence electrons. The monoisotopic (exact) mass is 447 g/mol. The van der Waals surface area contributed by atoms with Crippen LogP contribution >= 0.6 is 11.8 Å². The predicted octanol–water partition coefficient (Wildman–Crippen LogP) is -1.45. The first-order chi connectivity index (χ1) is 13.9. The number of rotatable bonds is 14. The molecule has 0 aliphatic rings. The number of thioether (sulfide) groups is 1. The van der Waals surface area contributed by atoms with E-state index in [-0.39, 0.29) is 12.3 Å². The summed E-state index contributed by atoms with van der Waals surface area (Å²) < 4.78 is 0. The lowest BCUT2D eigenvalue weighted by molar-refractivity contribution is -0.143. The van der Waals surface area contributed by atoms with Crippen LogP contribution in [0.25, 0.3) is 0 Å². The zero-order chi connectivity index (χ0) is 23.4. The van der Waals surface area contributed by atoms with Crippen LogP contribution in [0.2, 0.25) is 0 Å². The Bertz CT molecular complexity index is 630. The molecular formula is C18H33N5O6S. The highest BCUT2D eigenvalue weighted by Crippen LogP contribution is 2.07. The summed E-state index contributed by atoms with van der Waals surface area (Å²) in [7, 11) is 0. The van der Waals surface area contributed by atoms with Crippen LogP contribution in [0.1, 0.15) is 40.0 Å². The summed E-state index contributed by atoms with van der Waals surface area (Å²) in [5, 5.41) is 16.4. The second-order valence-electron chi connectivity index (χ2n) is 7.38. The smallest absolute Gasteiger partial charge is 0.326 e. The van der Waals surface area contributed by atoms with Gasteiger partial charge in [-0.3, -0.25) is 19.2 Å². The van der Waals surface area contributed by atoms with Gasteiger partial charge in [-0.15, -0.1) is 0 Å². The molecule has 0 aliphatic carbocycles. The van der Waals surface area contributed by atoms with Gasteiger partial charge in [-0.05, 0) is 37.7 Å². The van der Waals surface area contributed by atoms with E-state index in [1.165, 1.54) is 6.92 Å². The van der Waals surface area contributed by atoms with Crippen molar-refractivity contribution in [3.8, 4) is 0 Å². The van der Waals surface area contributed by atoms with E-state index in [9.17, 15) is 24.0 Å². The molecule has 0 rings (SSSR count). The molecule has 11 nitrogen and oxygen atoms in total. The van der Waals surface area contributed by atoms with Gasteiger partial charge in [0.05, 0.1) is 12.5 Å². The van der Waals surface area contributed by atoms with Crippen molar-refractivity contribution in [1.82, 2.24) is 16.0 Å². The van der Waals surface area contributed by atoms with E-state index in [0.29, 0.717) is 12.2 Å². The summed E-state index contributed by atoms with van der Waals surface area (Å²) in [6, 6.07) is -4.28. The molecular weight excluding hydrogens is 414 g/mol. The van der Waals surface area contributed by atoms with E-state index in [1.54, 1.807) is 11.8 Å². The third kappa shape index (κ3) is 11.0. The van der Waals surface area contributed by atoms with Crippen molar-refractivity contribution < 1.29 is 29.1 Å². The van der Waals surface area contributed by atoms with Gasteiger partial charge in [0.2, 0.25) is 23.6 Å². The number of nitrogens with one attached hydrogen (secondary N) is 3. The molecule has 0 saturated heterocycles. The van der Waals surface area contributed by atoms with Gasteiger partial charge in [0.25, 0.3) is 0 Å². The third-order valence-corrected chi connectivity index (χ3v) is 4.73. The summed E-state index contributed by atoms with van der Waals surface area (Å²) in [5.74, 6) is -3.49. The van der Waals surface area contributed by atoms with Gasteiger partial charge in [-0.1, -0.05) is 13.8 Å². The van der Waals surface area contributed by atoms with Crippen molar-refractivity contribution in [2.24, 2.45) is 17.4 Å². The number of amides is 4. The Labute approximate surface area is 180 Å². The Balaban J connectivity index is 5.07. The van der Waals surface area contributed by atoms with E-state index in [2.05, 4.69) is 16.0 Å². The highest BCUT2D eigenvalue weighted by atomic mass is 32.2. The summed E-state index contributed by atoms with van der Waals surface area (Å²) in [5.41, 5.74) is 10.8. The molecule has 0 aromatic heterocycles. The maximum absolute atomic E-state index is 12.5. The summed E-state index contributed by atoms with van der Waals surface area (Å²) in [6.07, 6.45) is 1.98. The van der Waals surface area contributed by atoms with Crippen LogP contribution in [-0.2, 0) is 24.0 Å². The van der Waals surface area contributed by atoms with E-state index in [4.69, 9.17) is 16.6 Å². The first-order valence-electron chi connectivity index (χ1n) is 9.55. The van der Waals surface area contributed by atoms with Gasteiger partial charge in [0.1, 0.15) is 18.1 Å². The number of carbonyl (C=O) groups excluding carboxylic acids is 4. The molecule has 0 bridgehead atoms. The number of hydrogen-bond donors (Lipinski definition) is 6. The summed E-state index contributed by atoms with van der Waals surface area (Å²) in [4.78, 5) is 59.3. The Morgan fingerprint density at radius 3 is 1.97 bits per heavy atom. The average Bonchev–Trinajstić information content (AvgIpc) is 2.63. The SMILES string of the molecule is CSCCC(N)C(=O)NC(C)C(=O)NC(CC(C)C)C(=O)NC(CC(N)=O)C(=O)O. The summed E-state index contributed by atoms with van der Waals surface area (Å²) >= 11 is 1.55. The van der Waals surface area contributed by atoms with Crippen molar-refractivity contribution in [3.63, 3.8) is 0 Å². The lowest BCUT2D eigenvalue weighted by Gasteiger charge is -2.24. The molecule has 4 amide bonds. The first-order valence-corrected chi connectivity index (χ1v) is 10.9. The largest absolute Gasteiger partial charge is 0.480 e. The molecule has 0 aromatic rings. The van der Waals surface area contributed by atoms with Gasteiger partial charge in [-0.2, -0.15) is 11.8 Å². The summed E-state index contributed by atoms with van der Waals surface area (Å²) in [6.45, 7) is 5.09. The van der Waals surface area contributed by atoms with Crippen LogP contribution in [0.4, 0.5) is 0 Å². The van der Waals surface area contributed by atoms with Crippen molar-refractivity contribution >= 4 is 41.4 Å². The standard InChI is InChI=1S/C18H33N5O6S/c1-9(2)7-12(17(27)23-13(18(28)29)8-14(20)24)22-15(25)10(3)21-16(26)11(19)5-6-30-4/h9-13H,5-8,19H2,1-4H3,(H2,20,24)(H,21,26)(H,22,25)(H,23,27)(H,28,29). The Morgan fingerprint density at radius 2 is 1.50 bits per heavy atom. The Morgan fingerprint density at radius 1 is 0.933 bits per heavy atom. The second kappa shape index (κ2) is 13.8. The van der Waals surface area contributed by atoms with E-state index < -0.39 is 60.2 Å². The fraction of sp³-hybridized carbons (Fsp3) is 0.722. The zero-order valence-electron chi connectivity index (χ0n) is 17.8. The molecule has 8 N–H and O–H groups in total. The lowest BCUT2D eigenvalue weighted by atomic mass is 10.0. The minimum Gasteiger partial charge on any atom is -0.480 e. The number of carboxylic acids is 1. The van der Waals surface area contributed by atoms with E-state index in [0.717, 1.165) is 0 Å². The molecule has 0 radical (unpaired) electrons. The highest BCUT2D eigenvalue weighted by Gasteiger charge is 2.29. The first kappa shape index (κ1) is 27.7. The molecule has 0 aliphatic heterocycles. The molecule has 0 aromatic carbocycles. The minimum absolute atomic E-state index is 0.00895. The second-order valence-corrected chi connectivity index (χ2v) is 8.36. The van der Waals surface area contributed by atoms with Crippen LogP contribution in [0.15, 0.2) is 0 Å². The number of primary amides is 1. The van der Waals surface area contributed by atoms with Crippen LogP contribution < -0.4 is 27.4 Å². The normalized spacial score (nSPS) is 14.9. The molecule has 12 heteroatoms. The molecule has 0 heterocycles. The zero-order valence-corrected chi connectivity index (χ0v) is 18.6. The molecule has 4 atom stereocenters. The fourth-order valence-corrected chi connectivity index (χ4v) is 2.92. The van der Waals surface area contributed by atoms with Crippen LogP contribution in [0.5, 0.6) is 0 Å². The molecule has 0 spiro atoms. The quantitative estimate of drug-likeness (QED) is 0.186. The maximum atomic E-state index is 12.5. The number of hydrogen-bond acceptors (Lipinski definition) is 7. The maximum Gasteiger partial charge on any atom is 0.326 e. The van der Waals surface area contributed by atoms with Crippen molar-refractivity contribution in [1.29, 1.82) is 0 Å². The average molecular weight is 448 g/mol. The third-order valence-electron chi connectivity index (χ3n) is 4.08. The molecule has 30 heavy (non-hydrogen) atoms. The molecule has 4 unspecified atom stereocenters. The van der Waals surface area contributed by atoms with Gasteiger partial charge >= 0.3 is 5.97 Å². The molecule has 0 fully saturated rings. The predicted molar refractivity (Wildman–Crippen MR) is 113 cm³/mol. The van der Waals surface area contributed by atoms with Crippen LogP contribution in [0.3, 0.4) is 0 Å². The van der Waals surface area contributed by atoms with Gasteiger partial charge in [0.15, 0.2) is 0 Å². The van der Waals surface area contributed by atoms with E-state index >= 15 is 0 Å².